The zero-order chi connectivity index (χ0) is 21.2. The van der Waals surface area contributed by atoms with E-state index in [9.17, 15) is 0 Å². The van der Waals surface area contributed by atoms with Crippen molar-refractivity contribution in [2.45, 2.75) is 25.9 Å². The first-order chi connectivity index (χ1) is 14.7. The number of ether oxygens (including phenoxy) is 1. The summed E-state index contributed by atoms with van der Waals surface area (Å²) < 4.78 is 5.98. The van der Waals surface area contributed by atoms with Gasteiger partial charge >= 0.3 is 0 Å². The van der Waals surface area contributed by atoms with E-state index in [-0.39, 0.29) is 24.0 Å². The van der Waals surface area contributed by atoms with Gasteiger partial charge in [0, 0.05) is 43.5 Å². The minimum Gasteiger partial charge on any atom is -0.492 e. The van der Waals surface area contributed by atoms with E-state index < -0.39 is 0 Å². The average molecular weight is 537 g/mol. The molecule has 0 bridgehead atoms. The summed E-state index contributed by atoms with van der Waals surface area (Å²) in [6.45, 7) is 7.12. The molecule has 2 aromatic carbocycles. The smallest absolute Gasteiger partial charge is 0.191 e. The van der Waals surface area contributed by atoms with Crippen LogP contribution < -0.4 is 20.3 Å². The van der Waals surface area contributed by atoms with E-state index >= 15 is 0 Å². The van der Waals surface area contributed by atoms with E-state index in [2.05, 4.69) is 77.9 Å². The second-order valence-electron chi connectivity index (χ2n) is 7.87. The molecule has 1 fully saturated rings. The van der Waals surface area contributed by atoms with Crippen molar-refractivity contribution in [1.29, 1.82) is 0 Å². The predicted molar refractivity (Wildman–Crippen MR) is 141 cm³/mol. The van der Waals surface area contributed by atoms with Crippen molar-refractivity contribution in [2.24, 2.45) is 4.99 Å². The number of aliphatic imine (C=N–C) groups is 1. The van der Waals surface area contributed by atoms with Gasteiger partial charge in [-0.1, -0.05) is 36.4 Å². The molecule has 2 N–H and O–H groups in total. The van der Waals surface area contributed by atoms with E-state index in [1.54, 1.807) is 0 Å². The predicted octanol–water partition coefficient (Wildman–Crippen LogP) is 3.58. The van der Waals surface area contributed by atoms with Crippen LogP contribution in [0.4, 0.5) is 5.69 Å². The number of para-hydroxylation sites is 2. The van der Waals surface area contributed by atoms with Crippen molar-refractivity contribution in [3.05, 3.63) is 60.2 Å². The molecule has 0 radical (unpaired) electrons. The highest BCUT2D eigenvalue weighted by atomic mass is 127. The fourth-order valence-corrected chi connectivity index (χ4v) is 3.54. The van der Waals surface area contributed by atoms with E-state index in [1.165, 1.54) is 5.69 Å². The van der Waals surface area contributed by atoms with Crippen molar-refractivity contribution in [3.8, 4) is 5.75 Å². The molecule has 0 spiro atoms. The van der Waals surface area contributed by atoms with Crippen LogP contribution in [0.3, 0.4) is 0 Å². The Balaban J connectivity index is 0.00000341. The molecular formula is C24H36IN5O. The molecule has 0 saturated carbocycles. The van der Waals surface area contributed by atoms with Crippen LogP contribution in [-0.4, -0.2) is 63.8 Å². The van der Waals surface area contributed by atoms with Crippen molar-refractivity contribution >= 4 is 35.6 Å². The molecule has 1 aliphatic rings. The van der Waals surface area contributed by atoms with Crippen LogP contribution in [0.1, 0.15) is 18.9 Å². The number of likely N-dealkylation sites (N-methyl/N-ethyl adjacent to an activating group) is 1. The maximum Gasteiger partial charge on any atom is 0.191 e. The highest BCUT2D eigenvalue weighted by Gasteiger charge is 2.23. The molecule has 6 nitrogen and oxygen atoms in total. The van der Waals surface area contributed by atoms with E-state index in [0.29, 0.717) is 19.2 Å². The molecule has 170 valence electrons. The molecule has 1 saturated heterocycles. The summed E-state index contributed by atoms with van der Waals surface area (Å²) in [5.41, 5.74) is 2.39. The first-order valence-corrected chi connectivity index (χ1v) is 10.9. The number of hydrogen-bond donors (Lipinski definition) is 2. The van der Waals surface area contributed by atoms with Crippen molar-refractivity contribution in [2.75, 3.05) is 51.8 Å². The Kier molecular flexibility index (Phi) is 10.9. The van der Waals surface area contributed by atoms with Gasteiger partial charge in [-0.15, -0.1) is 24.0 Å². The number of halogens is 1. The lowest BCUT2D eigenvalue weighted by molar-refractivity contribution is 0.259. The Morgan fingerprint density at radius 3 is 2.61 bits per heavy atom. The molecule has 0 amide bonds. The van der Waals surface area contributed by atoms with Gasteiger partial charge in [-0.2, -0.15) is 0 Å². The molecule has 1 heterocycles. The minimum absolute atomic E-state index is 0. The summed E-state index contributed by atoms with van der Waals surface area (Å²) in [5, 5.41) is 7.00. The third kappa shape index (κ3) is 8.22. The number of hydrogen-bond acceptors (Lipinski definition) is 4. The Morgan fingerprint density at radius 1 is 1.13 bits per heavy atom. The first kappa shape index (κ1) is 25.3. The first-order valence-electron chi connectivity index (χ1n) is 10.9. The van der Waals surface area contributed by atoms with Crippen LogP contribution in [0, 0.1) is 0 Å². The average Bonchev–Trinajstić information content (AvgIpc) is 3.22. The zero-order valence-corrected chi connectivity index (χ0v) is 21.2. The monoisotopic (exact) mass is 537 g/mol. The van der Waals surface area contributed by atoms with Crippen LogP contribution in [0.25, 0.3) is 0 Å². The van der Waals surface area contributed by atoms with Crippen LogP contribution in [-0.2, 0) is 6.54 Å². The number of nitrogens with one attached hydrogen (secondary N) is 2. The van der Waals surface area contributed by atoms with Gasteiger partial charge < -0.3 is 25.2 Å². The lowest BCUT2D eigenvalue weighted by Gasteiger charge is -2.20. The molecule has 1 aliphatic heterocycles. The summed E-state index contributed by atoms with van der Waals surface area (Å²) in [6.07, 6.45) is 1.10. The molecule has 7 heteroatoms. The maximum absolute atomic E-state index is 5.98. The molecule has 2 aromatic rings. The SMILES string of the molecule is CCNC(=NCc1ccccc1OCCN(C)C)NC1CCN(c2ccccc2)C1.I. The van der Waals surface area contributed by atoms with Crippen molar-refractivity contribution in [3.63, 3.8) is 0 Å². The summed E-state index contributed by atoms with van der Waals surface area (Å²) in [5.74, 6) is 1.77. The number of nitrogens with zero attached hydrogens (tertiary/aromatic N) is 3. The molecule has 1 unspecified atom stereocenters. The maximum atomic E-state index is 5.98. The Labute approximate surface area is 204 Å². The van der Waals surface area contributed by atoms with Gasteiger partial charge in [0.2, 0.25) is 0 Å². The van der Waals surface area contributed by atoms with Crippen molar-refractivity contribution < 1.29 is 4.74 Å². The van der Waals surface area contributed by atoms with Crippen LogP contribution in [0.15, 0.2) is 59.6 Å². The quantitative estimate of drug-likeness (QED) is 0.291. The zero-order valence-electron chi connectivity index (χ0n) is 18.9. The number of benzene rings is 2. The normalized spacial score (nSPS) is 16.2. The fraction of sp³-hybridized carbons (Fsp3) is 0.458. The second kappa shape index (κ2) is 13.4. The highest BCUT2D eigenvalue weighted by Crippen LogP contribution is 2.20. The van der Waals surface area contributed by atoms with Gasteiger partial charge in [0.1, 0.15) is 12.4 Å². The minimum atomic E-state index is 0. The number of guanidine groups is 1. The van der Waals surface area contributed by atoms with Crippen LogP contribution in [0.5, 0.6) is 5.75 Å². The summed E-state index contributed by atoms with van der Waals surface area (Å²) >= 11 is 0. The van der Waals surface area contributed by atoms with E-state index in [4.69, 9.17) is 9.73 Å². The Hall–Kier alpha value is -2.00. The molecule has 31 heavy (non-hydrogen) atoms. The second-order valence-corrected chi connectivity index (χ2v) is 7.87. The Bertz CT molecular complexity index is 800. The van der Waals surface area contributed by atoms with E-state index in [1.807, 2.05) is 18.2 Å². The molecular weight excluding hydrogens is 501 g/mol. The van der Waals surface area contributed by atoms with Gasteiger partial charge in [-0.3, -0.25) is 0 Å². The lowest BCUT2D eigenvalue weighted by Crippen LogP contribution is -2.44. The Morgan fingerprint density at radius 2 is 1.87 bits per heavy atom. The molecule has 1 atom stereocenters. The summed E-state index contributed by atoms with van der Waals surface area (Å²) in [6, 6.07) is 19.2. The van der Waals surface area contributed by atoms with Crippen LogP contribution in [0.2, 0.25) is 0 Å². The summed E-state index contributed by atoms with van der Waals surface area (Å²) in [4.78, 5) is 9.38. The highest BCUT2D eigenvalue weighted by molar-refractivity contribution is 14.0. The largest absolute Gasteiger partial charge is 0.492 e. The fourth-order valence-electron chi connectivity index (χ4n) is 3.54. The lowest BCUT2D eigenvalue weighted by atomic mass is 10.2. The number of anilines is 1. The third-order valence-corrected chi connectivity index (χ3v) is 5.17. The van der Waals surface area contributed by atoms with Gasteiger partial charge in [-0.25, -0.2) is 4.99 Å². The van der Waals surface area contributed by atoms with Gasteiger partial charge in [0.05, 0.1) is 6.54 Å². The summed E-state index contributed by atoms with van der Waals surface area (Å²) in [7, 11) is 4.10. The third-order valence-electron chi connectivity index (χ3n) is 5.17. The van der Waals surface area contributed by atoms with Crippen molar-refractivity contribution in [1.82, 2.24) is 15.5 Å². The van der Waals surface area contributed by atoms with Gasteiger partial charge in [0.15, 0.2) is 5.96 Å². The van der Waals surface area contributed by atoms with Gasteiger partial charge in [-0.05, 0) is 45.6 Å². The van der Waals surface area contributed by atoms with Crippen LogP contribution >= 0.6 is 24.0 Å². The molecule has 3 rings (SSSR count). The standard InChI is InChI=1S/C24H35N5O.HI/c1-4-25-24(27-21-14-15-29(19-21)22-11-6-5-7-12-22)26-18-20-10-8-9-13-23(20)30-17-16-28(2)3;/h5-13,21H,4,14-19H2,1-3H3,(H2,25,26,27);1H. The topological polar surface area (TPSA) is 52.1 Å². The number of rotatable bonds is 9. The van der Waals surface area contributed by atoms with E-state index in [0.717, 1.165) is 49.9 Å². The molecule has 0 aromatic heterocycles. The molecule has 0 aliphatic carbocycles. The van der Waals surface area contributed by atoms with Gasteiger partial charge in [0.25, 0.3) is 0 Å².